The first-order chi connectivity index (χ1) is 17.5. The molecule has 0 saturated carbocycles. The van der Waals surface area contributed by atoms with Crippen LogP contribution in [-0.2, 0) is 0 Å². The summed E-state index contributed by atoms with van der Waals surface area (Å²) in [6.45, 7) is 1.54. The number of benzene rings is 4. The minimum Gasteiger partial charge on any atom is -0.355 e. The van der Waals surface area contributed by atoms with Crippen molar-refractivity contribution in [3.63, 3.8) is 0 Å². The van der Waals surface area contributed by atoms with Crippen LogP contribution < -0.4 is 16.0 Å². The predicted octanol–water partition coefficient (Wildman–Crippen LogP) is 7.18. The van der Waals surface area contributed by atoms with Gasteiger partial charge in [-0.1, -0.05) is 30.3 Å². The molecule has 6 heteroatoms. The Morgan fingerprint density at radius 3 is 2.17 bits per heavy atom. The van der Waals surface area contributed by atoms with Crippen LogP contribution in [0.25, 0.3) is 10.9 Å². The third kappa shape index (κ3) is 5.23. The average molecular weight is 473 g/mol. The van der Waals surface area contributed by atoms with Crippen molar-refractivity contribution >= 4 is 51.0 Å². The number of ketones is 1. The Bertz CT molecular complexity index is 1560. The molecule has 0 aliphatic carbocycles. The van der Waals surface area contributed by atoms with Gasteiger partial charge in [-0.3, -0.25) is 14.6 Å². The van der Waals surface area contributed by atoms with Crippen molar-refractivity contribution in [2.45, 2.75) is 6.92 Å². The maximum atomic E-state index is 13.0. The zero-order chi connectivity index (χ0) is 24.9. The zero-order valence-electron chi connectivity index (χ0n) is 19.7. The van der Waals surface area contributed by atoms with Gasteiger partial charge in [0.1, 0.15) is 0 Å². The minimum absolute atomic E-state index is 0.00610. The molecule has 0 aliphatic rings. The molecule has 0 unspecified atom stereocenters. The Morgan fingerprint density at radius 2 is 1.36 bits per heavy atom. The first-order valence-corrected chi connectivity index (χ1v) is 11.6. The highest BCUT2D eigenvalue weighted by Gasteiger charge is 2.10. The SMILES string of the molecule is CC(=O)c1ccc2nccc(Nc3cccc(C(=O)Nc4cccc(Nc5ccccc5)c4)c3)c2c1. The van der Waals surface area contributed by atoms with Crippen LogP contribution in [0.4, 0.5) is 28.4 Å². The molecule has 3 N–H and O–H groups in total. The van der Waals surface area contributed by atoms with Crippen LogP contribution in [0, 0.1) is 0 Å². The molecule has 1 amide bonds. The summed E-state index contributed by atoms with van der Waals surface area (Å²) in [5.41, 5.74) is 6.02. The van der Waals surface area contributed by atoms with Crippen LogP contribution in [0.15, 0.2) is 109 Å². The van der Waals surface area contributed by atoms with E-state index in [9.17, 15) is 9.59 Å². The van der Waals surface area contributed by atoms with Crippen molar-refractivity contribution in [1.29, 1.82) is 0 Å². The molecule has 6 nitrogen and oxygen atoms in total. The fourth-order valence-corrected chi connectivity index (χ4v) is 3.93. The molecular weight excluding hydrogens is 448 g/mol. The quantitative estimate of drug-likeness (QED) is 0.219. The summed E-state index contributed by atoms with van der Waals surface area (Å²) < 4.78 is 0. The summed E-state index contributed by atoms with van der Waals surface area (Å²) in [5.74, 6) is -0.220. The van der Waals surface area contributed by atoms with Gasteiger partial charge in [0.25, 0.3) is 5.91 Å². The van der Waals surface area contributed by atoms with Crippen molar-refractivity contribution in [3.8, 4) is 0 Å². The lowest BCUT2D eigenvalue weighted by Crippen LogP contribution is -2.12. The van der Waals surface area contributed by atoms with E-state index < -0.39 is 0 Å². The lowest BCUT2D eigenvalue weighted by molar-refractivity contribution is 0.101. The fraction of sp³-hybridized carbons (Fsp3) is 0.0333. The van der Waals surface area contributed by atoms with Crippen LogP contribution in [0.2, 0.25) is 0 Å². The second-order valence-corrected chi connectivity index (χ2v) is 8.38. The molecule has 0 saturated heterocycles. The van der Waals surface area contributed by atoms with E-state index in [4.69, 9.17) is 0 Å². The van der Waals surface area contributed by atoms with E-state index in [1.807, 2.05) is 84.9 Å². The Kier molecular flexibility index (Phi) is 6.40. The van der Waals surface area contributed by atoms with E-state index >= 15 is 0 Å². The Hall–Kier alpha value is -4.97. The van der Waals surface area contributed by atoms with Gasteiger partial charge in [0, 0.05) is 51.1 Å². The van der Waals surface area contributed by atoms with Gasteiger partial charge in [-0.15, -0.1) is 0 Å². The van der Waals surface area contributed by atoms with Gasteiger partial charge in [0.15, 0.2) is 5.78 Å². The number of carbonyl (C=O) groups excluding carboxylic acids is 2. The van der Waals surface area contributed by atoms with Gasteiger partial charge in [-0.05, 0) is 79.7 Å². The topological polar surface area (TPSA) is 83.1 Å². The summed E-state index contributed by atoms with van der Waals surface area (Å²) in [4.78, 5) is 29.3. The number of nitrogens with zero attached hydrogens (tertiary/aromatic N) is 1. The molecule has 0 bridgehead atoms. The number of amides is 1. The number of aromatic nitrogens is 1. The van der Waals surface area contributed by atoms with E-state index in [-0.39, 0.29) is 11.7 Å². The van der Waals surface area contributed by atoms with Crippen molar-refractivity contribution in [2.75, 3.05) is 16.0 Å². The van der Waals surface area contributed by atoms with Gasteiger partial charge in [-0.2, -0.15) is 0 Å². The van der Waals surface area contributed by atoms with Gasteiger partial charge < -0.3 is 16.0 Å². The third-order valence-electron chi connectivity index (χ3n) is 5.73. The van der Waals surface area contributed by atoms with E-state index in [0.717, 1.165) is 33.7 Å². The Morgan fingerprint density at radius 1 is 0.639 bits per heavy atom. The molecule has 0 atom stereocenters. The molecule has 4 aromatic carbocycles. The van der Waals surface area contributed by atoms with Gasteiger partial charge in [0.2, 0.25) is 0 Å². The van der Waals surface area contributed by atoms with Crippen molar-refractivity contribution in [3.05, 3.63) is 120 Å². The standard InChI is InChI=1S/C30H24N4O2/c1-20(35)21-13-14-28-27(18-21)29(15-16-31-28)33-24-10-5-7-22(17-24)30(36)34-26-12-6-11-25(19-26)32-23-8-3-2-4-9-23/h2-19,32H,1H3,(H,31,33)(H,34,36). The number of hydrogen-bond donors (Lipinski definition) is 3. The lowest BCUT2D eigenvalue weighted by atomic mass is 10.1. The number of rotatable bonds is 7. The molecule has 176 valence electrons. The molecule has 5 aromatic rings. The van der Waals surface area contributed by atoms with Crippen LogP contribution in [0.5, 0.6) is 0 Å². The number of anilines is 5. The van der Waals surface area contributed by atoms with Gasteiger partial charge >= 0.3 is 0 Å². The number of hydrogen-bond acceptors (Lipinski definition) is 5. The second-order valence-electron chi connectivity index (χ2n) is 8.38. The summed E-state index contributed by atoms with van der Waals surface area (Å²) in [6, 6.07) is 32.0. The molecule has 1 aromatic heterocycles. The molecular formula is C30H24N4O2. The number of Topliss-reactive ketones (excluding diaryl/α,β-unsaturated/α-hetero) is 1. The normalized spacial score (nSPS) is 10.6. The van der Waals surface area contributed by atoms with E-state index in [0.29, 0.717) is 16.8 Å². The second kappa shape index (κ2) is 10.1. The molecule has 1 heterocycles. The molecule has 36 heavy (non-hydrogen) atoms. The number of nitrogens with one attached hydrogen (secondary N) is 3. The van der Waals surface area contributed by atoms with E-state index in [1.165, 1.54) is 0 Å². The predicted molar refractivity (Wildman–Crippen MR) is 146 cm³/mol. The van der Waals surface area contributed by atoms with Crippen molar-refractivity contribution in [1.82, 2.24) is 4.98 Å². The molecule has 0 spiro atoms. The zero-order valence-corrected chi connectivity index (χ0v) is 19.7. The first kappa shape index (κ1) is 22.8. The monoisotopic (exact) mass is 472 g/mol. The van der Waals surface area contributed by atoms with Crippen LogP contribution >= 0.6 is 0 Å². The summed E-state index contributed by atoms with van der Waals surface area (Å²) >= 11 is 0. The lowest BCUT2D eigenvalue weighted by Gasteiger charge is -2.12. The van der Waals surface area contributed by atoms with E-state index in [2.05, 4.69) is 20.9 Å². The highest BCUT2D eigenvalue weighted by atomic mass is 16.1. The largest absolute Gasteiger partial charge is 0.355 e. The molecule has 5 rings (SSSR count). The molecule has 0 fully saturated rings. The van der Waals surface area contributed by atoms with Crippen LogP contribution in [0.3, 0.4) is 0 Å². The number of pyridine rings is 1. The average Bonchev–Trinajstić information content (AvgIpc) is 2.89. The van der Waals surface area contributed by atoms with E-state index in [1.54, 1.807) is 31.3 Å². The molecule has 0 radical (unpaired) electrons. The highest BCUT2D eigenvalue weighted by molar-refractivity contribution is 6.05. The highest BCUT2D eigenvalue weighted by Crippen LogP contribution is 2.27. The maximum Gasteiger partial charge on any atom is 0.255 e. The third-order valence-corrected chi connectivity index (χ3v) is 5.73. The van der Waals surface area contributed by atoms with Crippen molar-refractivity contribution in [2.24, 2.45) is 0 Å². The van der Waals surface area contributed by atoms with Gasteiger partial charge in [-0.25, -0.2) is 0 Å². The smallest absolute Gasteiger partial charge is 0.255 e. The Balaban J connectivity index is 1.34. The number of fused-ring (bicyclic) bond motifs is 1. The summed E-state index contributed by atoms with van der Waals surface area (Å²) in [7, 11) is 0. The number of carbonyl (C=O) groups is 2. The fourth-order valence-electron chi connectivity index (χ4n) is 3.93. The van der Waals surface area contributed by atoms with Crippen LogP contribution in [0.1, 0.15) is 27.6 Å². The first-order valence-electron chi connectivity index (χ1n) is 11.6. The Labute approximate surface area is 209 Å². The van der Waals surface area contributed by atoms with Crippen LogP contribution in [-0.4, -0.2) is 16.7 Å². The minimum atomic E-state index is -0.214. The van der Waals surface area contributed by atoms with Crippen molar-refractivity contribution < 1.29 is 9.59 Å². The molecule has 0 aliphatic heterocycles. The summed E-state index contributed by atoms with van der Waals surface area (Å²) in [6.07, 6.45) is 1.71. The number of para-hydroxylation sites is 1. The summed E-state index contributed by atoms with van der Waals surface area (Å²) in [5, 5.41) is 10.5. The maximum absolute atomic E-state index is 13.0. The van der Waals surface area contributed by atoms with Gasteiger partial charge in [0.05, 0.1) is 5.52 Å².